The van der Waals surface area contributed by atoms with Crippen molar-refractivity contribution in [2.75, 3.05) is 11.9 Å². The van der Waals surface area contributed by atoms with Gasteiger partial charge >= 0.3 is 6.03 Å². The van der Waals surface area contributed by atoms with E-state index in [-0.39, 0.29) is 6.61 Å². The molecule has 2 aromatic rings. The van der Waals surface area contributed by atoms with Crippen LogP contribution < -0.4 is 10.6 Å². The molecule has 104 valence electrons. The summed E-state index contributed by atoms with van der Waals surface area (Å²) >= 11 is 3.27. The fourth-order valence-corrected chi connectivity index (χ4v) is 1.91. The number of anilines is 1. The summed E-state index contributed by atoms with van der Waals surface area (Å²) in [6.45, 7) is -0.175. The Balaban J connectivity index is 1.97. The number of nitrogens with one attached hydrogen (secondary N) is 2. The number of urea groups is 1. The predicted molar refractivity (Wildman–Crippen MR) is 80.4 cm³/mol. The van der Waals surface area contributed by atoms with Crippen molar-refractivity contribution in [3.05, 3.63) is 58.7 Å². The summed E-state index contributed by atoms with van der Waals surface area (Å²) in [5.41, 5.74) is 0.842. The van der Waals surface area contributed by atoms with E-state index in [0.717, 1.165) is 10.0 Å². The second-order valence-electron chi connectivity index (χ2n) is 4.11. The zero-order valence-corrected chi connectivity index (χ0v) is 12.2. The highest BCUT2D eigenvalue weighted by molar-refractivity contribution is 9.10. The van der Waals surface area contributed by atoms with Crippen molar-refractivity contribution >= 4 is 27.8 Å². The van der Waals surface area contributed by atoms with Crippen LogP contribution in [0.3, 0.4) is 0 Å². The molecule has 0 aliphatic heterocycles. The first-order chi connectivity index (χ1) is 9.69. The molecular formula is C14H14BrN3O2. The minimum Gasteiger partial charge on any atom is -0.394 e. The summed E-state index contributed by atoms with van der Waals surface area (Å²) in [4.78, 5) is 15.9. The van der Waals surface area contributed by atoms with Gasteiger partial charge in [-0.25, -0.2) is 9.78 Å². The van der Waals surface area contributed by atoms with E-state index in [2.05, 4.69) is 31.5 Å². The summed E-state index contributed by atoms with van der Waals surface area (Å²) in [6.07, 6.45) is 1.59. The van der Waals surface area contributed by atoms with Crippen molar-refractivity contribution in [3.8, 4) is 0 Å². The average Bonchev–Trinajstić information content (AvgIpc) is 2.48. The van der Waals surface area contributed by atoms with Gasteiger partial charge in [-0.15, -0.1) is 0 Å². The van der Waals surface area contributed by atoms with E-state index in [0.29, 0.717) is 5.82 Å². The molecule has 0 spiro atoms. The first-order valence-electron chi connectivity index (χ1n) is 6.04. The zero-order valence-electron chi connectivity index (χ0n) is 10.6. The normalized spacial score (nSPS) is 11.7. The second kappa shape index (κ2) is 7.02. The number of aliphatic hydroxyl groups is 1. The van der Waals surface area contributed by atoms with Gasteiger partial charge < -0.3 is 10.4 Å². The number of amides is 2. The molecule has 0 saturated carbocycles. The van der Waals surface area contributed by atoms with Gasteiger partial charge in [0.05, 0.1) is 12.6 Å². The van der Waals surface area contributed by atoms with Crippen molar-refractivity contribution in [1.82, 2.24) is 10.3 Å². The van der Waals surface area contributed by atoms with E-state index >= 15 is 0 Å². The van der Waals surface area contributed by atoms with Crippen molar-refractivity contribution < 1.29 is 9.90 Å². The van der Waals surface area contributed by atoms with Gasteiger partial charge in [0.15, 0.2) is 0 Å². The highest BCUT2D eigenvalue weighted by Gasteiger charge is 2.13. The molecule has 20 heavy (non-hydrogen) atoms. The highest BCUT2D eigenvalue weighted by atomic mass is 79.9. The van der Waals surface area contributed by atoms with Crippen LogP contribution >= 0.6 is 15.9 Å². The Hall–Kier alpha value is -1.92. The average molecular weight is 336 g/mol. The standard InChI is InChI=1S/C14H14BrN3O2/c15-11-6-7-13(16-8-11)18-14(20)17-12(9-19)10-4-2-1-3-5-10/h1-8,12,19H,9H2,(H2,16,17,18,20)/t12-/m0/s1. The quantitative estimate of drug-likeness (QED) is 0.804. The third kappa shape index (κ3) is 4.04. The van der Waals surface area contributed by atoms with Crippen LogP contribution in [0.5, 0.6) is 0 Å². The molecule has 2 rings (SSSR count). The molecule has 5 nitrogen and oxygen atoms in total. The summed E-state index contributed by atoms with van der Waals surface area (Å²) < 4.78 is 0.834. The van der Waals surface area contributed by atoms with Gasteiger partial charge in [-0.05, 0) is 33.6 Å². The van der Waals surface area contributed by atoms with Crippen LogP contribution in [0, 0.1) is 0 Å². The molecule has 1 heterocycles. The van der Waals surface area contributed by atoms with Crippen LogP contribution in [0.4, 0.5) is 10.6 Å². The summed E-state index contributed by atoms with van der Waals surface area (Å²) in [5.74, 6) is 0.440. The fourth-order valence-electron chi connectivity index (χ4n) is 1.68. The topological polar surface area (TPSA) is 74.2 Å². The number of rotatable bonds is 4. The lowest BCUT2D eigenvalue weighted by molar-refractivity contribution is 0.225. The molecule has 2 amide bonds. The first kappa shape index (κ1) is 14.5. The van der Waals surface area contributed by atoms with E-state index in [1.165, 1.54) is 0 Å². The Bertz CT molecular complexity index is 560. The highest BCUT2D eigenvalue weighted by Crippen LogP contribution is 2.13. The molecule has 0 unspecified atom stereocenters. The van der Waals surface area contributed by atoms with Crippen molar-refractivity contribution in [2.24, 2.45) is 0 Å². The maximum absolute atomic E-state index is 11.9. The molecule has 0 bridgehead atoms. The summed E-state index contributed by atoms with van der Waals surface area (Å²) in [7, 11) is 0. The van der Waals surface area contributed by atoms with Crippen LogP contribution in [-0.2, 0) is 0 Å². The van der Waals surface area contributed by atoms with Crippen LogP contribution in [0.2, 0.25) is 0 Å². The molecule has 1 aromatic carbocycles. The third-order valence-corrected chi connectivity index (χ3v) is 3.13. The van der Waals surface area contributed by atoms with Gasteiger partial charge in [0, 0.05) is 10.7 Å². The number of carbonyl (C=O) groups is 1. The molecule has 0 aliphatic rings. The molecule has 3 N–H and O–H groups in total. The van der Waals surface area contributed by atoms with E-state index in [4.69, 9.17) is 0 Å². The van der Waals surface area contributed by atoms with Crippen molar-refractivity contribution in [3.63, 3.8) is 0 Å². The van der Waals surface area contributed by atoms with E-state index in [1.807, 2.05) is 30.3 Å². The molecular weight excluding hydrogens is 322 g/mol. The number of halogens is 1. The lowest BCUT2D eigenvalue weighted by Crippen LogP contribution is -2.34. The molecule has 6 heteroatoms. The van der Waals surface area contributed by atoms with Gasteiger partial charge in [0.2, 0.25) is 0 Å². The van der Waals surface area contributed by atoms with E-state index < -0.39 is 12.1 Å². The summed E-state index contributed by atoms with van der Waals surface area (Å²) in [5, 5.41) is 14.7. The van der Waals surface area contributed by atoms with Crippen LogP contribution in [0.25, 0.3) is 0 Å². The monoisotopic (exact) mass is 335 g/mol. The van der Waals surface area contributed by atoms with Gasteiger partial charge in [0.25, 0.3) is 0 Å². The lowest BCUT2D eigenvalue weighted by Gasteiger charge is -2.17. The number of aliphatic hydroxyl groups excluding tert-OH is 1. The lowest BCUT2D eigenvalue weighted by atomic mass is 10.1. The maximum atomic E-state index is 11.9. The second-order valence-corrected chi connectivity index (χ2v) is 5.02. The zero-order chi connectivity index (χ0) is 14.4. The summed E-state index contributed by atoms with van der Waals surface area (Å²) in [6, 6.07) is 11.9. The molecule has 0 saturated heterocycles. The number of carbonyl (C=O) groups excluding carboxylic acids is 1. The van der Waals surface area contributed by atoms with E-state index in [9.17, 15) is 9.90 Å². The Morgan fingerprint density at radius 1 is 1.25 bits per heavy atom. The van der Waals surface area contributed by atoms with Crippen molar-refractivity contribution in [1.29, 1.82) is 0 Å². The number of nitrogens with zero attached hydrogens (tertiary/aromatic N) is 1. The predicted octanol–water partition coefficient (Wildman–Crippen LogP) is 2.70. The first-order valence-corrected chi connectivity index (χ1v) is 6.83. The minimum atomic E-state index is -0.452. The minimum absolute atomic E-state index is 0.175. The SMILES string of the molecule is O=C(Nc1ccc(Br)cn1)N[C@@H](CO)c1ccccc1. The molecule has 0 fully saturated rings. The smallest absolute Gasteiger partial charge is 0.320 e. The van der Waals surface area contributed by atoms with Crippen LogP contribution in [0.15, 0.2) is 53.1 Å². The molecule has 1 atom stereocenters. The van der Waals surface area contributed by atoms with Gasteiger partial charge in [-0.2, -0.15) is 0 Å². The Labute approximate surface area is 125 Å². The number of hydrogen-bond acceptors (Lipinski definition) is 3. The Morgan fingerprint density at radius 2 is 2.00 bits per heavy atom. The van der Waals surface area contributed by atoms with E-state index in [1.54, 1.807) is 18.3 Å². The largest absolute Gasteiger partial charge is 0.394 e. The third-order valence-electron chi connectivity index (χ3n) is 2.66. The van der Waals surface area contributed by atoms with Gasteiger partial charge in [-0.3, -0.25) is 5.32 Å². The fraction of sp³-hybridized carbons (Fsp3) is 0.143. The van der Waals surface area contributed by atoms with Gasteiger partial charge in [-0.1, -0.05) is 30.3 Å². The molecule has 0 aliphatic carbocycles. The van der Waals surface area contributed by atoms with Crippen molar-refractivity contribution in [2.45, 2.75) is 6.04 Å². The van der Waals surface area contributed by atoms with Crippen LogP contribution in [-0.4, -0.2) is 22.7 Å². The molecule has 1 aromatic heterocycles. The maximum Gasteiger partial charge on any atom is 0.320 e. The van der Waals surface area contributed by atoms with Crippen LogP contribution in [0.1, 0.15) is 11.6 Å². The number of pyridine rings is 1. The Kier molecular flexibility index (Phi) is 5.09. The number of hydrogen-bond donors (Lipinski definition) is 3. The number of aromatic nitrogens is 1. The number of benzene rings is 1. The Morgan fingerprint density at radius 3 is 2.60 bits per heavy atom. The van der Waals surface area contributed by atoms with Gasteiger partial charge in [0.1, 0.15) is 5.82 Å². The molecule has 0 radical (unpaired) electrons.